The summed E-state index contributed by atoms with van der Waals surface area (Å²) in [5.41, 5.74) is 2.71. The van der Waals surface area contributed by atoms with Crippen LogP contribution in [0, 0.1) is 0 Å². The number of carbonyl (C=O) groups excluding carboxylic acids is 4. The molecule has 1 aliphatic rings. The fourth-order valence-electron chi connectivity index (χ4n) is 4.10. The van der Waals surface area contributed by atoms with Gasteiger partial charge in [0, 0.05) is 16.3 Å². The number of carbonyl (C=O) groups is 4. The van der Waals surface area contributed by atoms with Crippen LogP contribution in [-0.4, -0.2) is 47.5 Å². The molecular weight excluding hydrogens is 564 g/mol. The zero-order valence-corrected chi connectivity index (χ0v) is 24.4. The Morgan fingerprint density at radius 2 is 1.73 bits per heavy atom. The van der Waals surface area contributed by atoms with E-state index in [0.717, 1.165) is 27.9 Å². The van der Waals surface area contributed by atoms with Crippen molar-refractivity contribution in [3.63, 3.8) is 0 Å². The van der Waals surface area contributed by atoms with E-state index in [-0.39, 0.29) is 35.7 Å². The fraction of sp³-hybridized carbons (Fsp3) is 0.226. The number of ether oxygens (including phenoxy) is 2. The molecule has 1 aliphatic heterocycles. The van der Waals surface area contributed by atoms with Gasteiger partial charge >= 0.3 is 0 Å². The molecular formula is C31H29ClN2O6S. The minimum absolute atomic E-state index is 0.179. The molecule has 0 aliphatic carbocycles. The number of anilines is 1. The van der Waals surface area contributed by atoms with Crippen molar-refractivity contribution in [3.05, 3.63) is 93.3 Å². The lowest BCUT2D eigenvalue weighted by Gasteiger charge is -2.15. The molecule has 41 heavy (non-hydrogen) atoms. The summed E-state index contributed by atoms with van der Waals surface area (Å²) in [5.74, 6) is -0.255. The monoisotopic (exact) mass is 592 g/mol. The van der Waals surface area contributed by atoms with Crippen molar-refractivity contribution in [2.75, 3.05) is 25.1 Å². The van der Waals surface area contributed by atoms with Gasteiger partial charge in [-0.05, 0) is 84.3 Å². The molecule has 3 aromatic carbocycles. The third-order valence-corrected chi connectivity index (χ3v) is 7.28. The van der Waals surface area contributed by atoms with E-state index in [0.29, 0.717) is 34.3 Å². The SMILES string of the molecule is CCOc1cc(/C=C2/SC(=O)N(CC(=O)c3ccc(Cl)cc3)C2=O)ccc1OCC(=O)Nc1ccccc1C(C)C. The van der Waals surface area contributed by atoms with Gasteiger partial charge in [0.25, 0.3) is 17.1 Å². The van der Waals surface area contributed by atoms with Gasteiger partial charge in [-0.1, -0.05) is 49.7 Å². The second-order valence-corrected chi connectivity index (χ2v) is 10.8. The van der Waals surface area contributed by atoms with E-state index in [1.807, 2.05) is 31.2 Å². The van der Waals surface area contributed by atoms with Gasteiger partial charge in [0.15, 0.2) is 23.9 Å². The Labute approximate surface area is 247 Å². The lowest BCUT2D eigenvalue weighted by Crippen LogP contribution is -2.33. The van der Waals surface area contributed by atoms with Gasteiger partial charge < -0.3 is 14.8 Å². The summed E-state index contributed by atoms with van der Waals surface area (Å²) in [6.07, 6.45) is 1.56. The van der Waals surface area contributed by atoms with E-state index >= 15 is 0 Å². The molecule has 1 heterocycles. The van der Waals surface area contributed by atoms with Crippen LogP contribution in [0.15, 0.2) is 71.6 Å². The van der Waals surface area contributed by atoms with Crippen molar-refractivity contribution in [1.82, 2.24) is 4.90 Å². The lowest BCUT2D eigenvalue weighted by molar-refractivity contribution is -0.122. The topological polar surface area (TPSA) is 102 Å². The van der Waals surface area contributed by atoms with Gasteiger partial charge in [-0.3, -0.25) is 24.1 Å². The summed E-state index contributed by atoms with van der Waals surface area (Å²) in [7, 11) is 0. The first-order valence-corrected chi connectivity index (χ1v) is 14.2. The summed E-state index contributed by atoms with van der Waals surface area (Å²) in [6.45, 7) is 5.67. The van der Waals surface area contributed by atoms with E-state index in [9.17, 15) is 19.2 Å². The molecule has 1 saturated heterocycles. The number of imide groups is 1. The number of Topliss-reactive ketones (excluding diaryl/α,β-unsaturated/α-hetero) is 1. The highest BCUT2D eigenvalue weighted by Crippen LogP contribution is 2.35. The predicted molar refractivity (Wildman–Crippen MR) is 161 cm³/mol. The summed E-state index contributed by atoms with van der Waals surface area (Å²) < 4.78 is 11.5. The van der Waals surface area contributed by atoms with Gasteiger partial charge in [0.2, 0.25) is 0 Å². The van der Waals surface area contributed by atoms with E-state index < -0.39 is 11.1 Å². The summed E-state index contributed by atoms with van der Waals surface area (Å²) in [6, 6.07) is 18.9. The van der Waals surface area contributed by atoms with Crippen LogP contribution in [0.25, 0.3) is 6.08 Å². The average molecular weight is 593 g/mol. The normalized spacial score (nSPS) is 14.1. The number of benzene rings is 3. The van der Waals surface area contributed by atoms with Crippen LogP contribution in [0.1, 0.15) is 48.2 Å². The standard InChI is InChI=1S/C31H29ClN2O6S/c1-4-39-27-15-20(9-14-26(27)40-18-29(36)33-24-8-6-5-7-23(24)19(2)3)16-28-30(37)34(31(38)41-28)17-25(35)21-10-12-22(32)13-11-21/h5-16,19H,4,17-18H2,1-3H3,(H,33,36)/b28-16+. The van der Waals surface area contributed by atoms with Crippen LogP contribution in [0.4, 0.5) is 10.5 Å². The molecule has 0 bridgehead atoms. The minimum atomic E-state index is -0.557. The minimum Gasteiger partial charge on any atom is -0.490 e. The number of para-hydroxylation sites is 1. The smallest absolute Gasteiger partial charge is 0.293 e. The van der Waals surface area contributed by atoms with Gasteiger partial charge in [-0.15, -0.1) is 0 Å². The van der Waals surface area contributed by atoms with E-state index in [1.54, 1.807) is 48.5 Å². The molecule has 0 aromatic heterocycles. The highest BCUT2D eigenvalue weighted by atomic mass is 35.5. The Morgan fingerprint density at radius 1 is 1.00 bits per heavy atom. The fourth-order valence-corrected chi connectivity index (χ4v) is 5.07. The molecule has 1 fully saturated rings. The van der Waals surface area contributed by atoms with Gasteiger partial charge in [0.1, 0.15) is 0 Å². The first kappa shape index (κ1) is 29.9. The van der Waals surface area contributed by atoms with E-state index in [1.165, 1.54) is 0 Å². The second kappa shape index (κ2) is 13.5. The number of halogens is 1. The number of hydrogen-bond acceptors (Lipinski definition) is 7. The van der Waals surface area contributed by atoms with Crippen molar-refractivity contribution < 1.29 is 28.7 Å². The van der Waals surface area contributed by atoms with Crippen LogP contribution < -0.4 is 14.8 Å². The Bertz CT molecular complexity index is 1500. The number of hydrogen-bond donors (Lipinski definition) is 1. The van der Waals surface area contributed by atoms with E-state index in [2.05, 4.69) is 19.2 Å². The van der Waals surface area contributed by atoms with Crippen LogP contribution in [-0.2, 0) is 9.59 Å². The molecule has 0 radical (unpaired) electrons. The van der Waals surface area contributed by atoms with E-state index in [4.69, 9.17) is 21.1 Å². The molecule has 0 spiro atoms. The Hall–Kier alpha value is -4.08. The molecule has 3 amide bonds. The molecule has 4 rings (SSSR count). The van der Waals surface area contributed by atoms with Crippen LogP contribution >= 0.6 is 23.4 Å². The van der Waals surface area contributed by atoms with Crippen molar-refractivity contribution >= 4 is 58.0 Å². The van der Waals surface area contributed by atoms with Crippen LogP contribution in [0.3, 0.4) is 0 Å². The third-order valence-electron chi connectivity index (χ3n) is 6.12. The highest BCUT2D eigenvalue weighted by molar-refractivity contribution is 8.18. The van der Waals surface area contributed by atoms with Crippen molar-refractivity contribution in [3.8, 4) is 11.5 Å². The van der Waals surface area contributed by atoms with Crippen LogP contribution in [0.5, 0.6) is 11.5 Å². The number of nitrogens with one attached hydrogen (secondary N) is 1. The number of rotatable bonds is 11. The van der Waals surface area contributed by atoms with Gasteiger partial charge in [-0.2, -0.15) is 0 Å². The Morgan fingerprint density at radius 3 is 2.44 bits per heavy atom. The summed E-state index contributed by atoms with van der Waals surface area (Å²) in [5, 5.41) is 2.84. The summed E-state index contributed by atoms with van der Waals surface area (Å²) in [4.78, 5) is 51.8. The zero-order chi connectivity index (χ0) is 29.5. The molecule has 1 N–H and O–H groups in total. The predicted octanol–water partition coefficient (Wildman–Crippen LogP) is 6.80. The molecule has 0 unspecified atom stereocenters. The van der Waals surface area contributed by atoms with Gasteiger partial charge in [-0.25, -0.2) is 0 Å². The Balaban J connectivity index is 1.43. The molecule has 10 heteroatoms. The molecule has 0 saturated carbocycles. The number of ketones is 1. The zero-order valence-electron chi connectivity index (χ0n) is 22.8. The maximum Gasteiger partial charge on any atom is 0.293 e. The maximum atomic E-state index is 13.0. The van der Waals surface area contributed by atoms with Crippen molar-refractivity contribution in [2.45, 2.75) is 26.7 Å². The summed E-state index contributed by atoms with van der Waals surface area (Å²) >= 11 is 6.63. The van der Waals surface area contributed by atoms with Crippen molar-refractivity contribution in [1.29, 1.82) is 0 Å². The first-order valence-electron chi connectivity index (χ1n) is 13.0. The number of amides is 3. The lowest BCUT2D eigenvalue weighted by atomic mass is 10.0. The quantitative estimate of drug-likeness (QED) is 0.193. The van der Waals surface area contributed by atoms with Crippen LogP contribution in [0.2, 0.25) is 5.02 Å². The Kier molecular flexibility index (Phi) is 9.86. The molecule has 212 valence electrons. The second-order valence-electron chi connectivity index (χ2n) is 9.42. The maximum absolute atomic E-state index is 13.0. The molecule has 3 aromatic rings. The van der Waals surface area contributed by atoms with Gasteiger partial charge in [0.05, 0.1) is 18.1 Å². The first-order chi connectivity index (χ1) is 19.7. The largest absolute Gasteiger partial charge is 0.490 e. The third kappa shape index (κ3) is 7.56. The molecule has 0 atom stereocenters. The highest BCUT2D eigenvalue weighted by Gasteiger charge is 2.36. The number of nitrogens with zero attached hydrogens (tertiary/aromatic N) is 1. The number of thioether (sulfide) groups is 1. The molecule has 8 nitrogen and oxygen atoms in total. The van der Waals surface area contributed by atoms with Crippen molar-refractivity contribution in [2.24, 2.45) is 0 Å². The average Bonchev–Trinajstić information content (AvgIpc) is 3.20.